The summed E-state index contributed by atoms with van der Waals surface area (Å²) in [5.41, 5.74) is 5.50. The first-order valence-electron chi connectivity index (χ1n) is 5.37. The molecule has 1 atom stereocenters. The van der Waals surface area contributed by atoms with Gasteiger partial charge in [-0.05, 0) is 6.42 Å². The summed E-state index contributed by atoms with van der Waals surface area (Å²) in [7, 11) is 0. The number of nitrogens with two attached hydrogens (primary N) is 1. The standard InChI is InChI=1S/C11H8Cl5NO4/c12-5-6(13)8(15)10(9(16)7(5)14)21-11(20)3(17)1-2-4(18)19/h3H,1-2,17H2,(H,18,19)/t3-/m0/s1. The lowest BCUT2D eigenvalue weighted by molar-refractivity contribution is -0.138. The molecule has 0 unspecified atom stereocenters. The van der Waals surface area contributed by atoms with E-state index in [1.165, 1.54) is 0 Å². The van der Waals surface area contributed by atoms with E-state index < -0.39 is 18.0 Å². The molecule has 3 N–H and O–H groups in total. The van der Waals surface area contributed by atoms with Crippen molar-refractivity contribution in [1.82, 2.24) is 0 Å². The third-order valence-electron chi connectivity index (χ3n) is 2.34. The molecule has 21 heavy (non-hydrogen) atoms. The van der Waals surface area contributed by atoms with Gasteiger partial charge >= 0.3 is 11.9 Å². The Morgan fingerprint density at radius 2 is 1.43 bits per heavy atom. The van der Waals surface area contributed by atoms with E-state index in [4.69, 9.17) is 73.6 Å². The van der Waals surface area contributed by atoms with Gasteiger partial charge in [-0.15, -0.1) is 0 Å². The molecule has 0 heterocycles. The molecule has 1 aromatic rings. The van der Waals surface area contributed by atoms with Gasteiger partial charge in [-0.3, -0.25) is 4.79 Å². The van der Waals surface area contributed by atoms with Crippen molar-refractivity contribution in [2.24, 2.45) is 5.73 Å². The molecular weight excluding hydrogens is 387 g/mol. The number of hydrogen-bond donors (Lipinski definition) is 2. The number of carbonyl (C=O) groups is 2. The molecule has 116 valence electrons. The van der Waals surface area contributed by atoms with Crippen molar-refractivity contribution >= 4 is 69.9 Å². The van der Waals surface area contributed by atoms with Gasteiger partial charge in [-0.2, -0.15) is 0 Å². The predicted molar refractivity (Wildman–Crippen MR) is 82.0 cm³/mol. The molecule has 0 spiro atoms. The zero-order valence-electron chi connectivity index (χ0n) is 10.1. The Bertz CT molecular complexity index is 563. The number of hydrogen-bond acceptors (Lipinski definition) is 4. The van der Waals surface area contributed by atoms with Gasteiger partial charge in [0.1, 0.15) is 16.1 Å². The second-order valence-corrected chi connectivity index (χ2v) is 5.75. The van der Waals surface area contributed by atoms with Crippen molar-refractivity contribution < 1.29 is 19.4 Å². The fourth-order valence-electron chi connectivity index (χ4n) is 1.25. The number of aliphatic carboxylic acids is 1. The lowest BCUT2D eigenvalue weighted by atomic mass is 10.2. The van der Waals surface area contributed by atoms with E-state index in [1.54, 1.807) is 0 Å². The van der Waals surface area contributed by atoms with Crippen LogP contribution in [0.25, 0.3) is 0 Å². The van der Waals surface area contributed by atoms with Gasteiger partial charge in [0.2, 0.25) is 0 Å². The summed E-state index contributed by atoms with van der Waals surface area (Å²) >= 11 is 29.2. The first kappa shape index (κ1) is 18.6. The topological polar surface area (TPSA) is 89.6 Å². The van der Waals surface area contributed by atoms with E-state index in [-0.39, 0.29) is 43.7 Å². The van der Waals surface area contributed by atoms with Crippen LogP contribution in [0.15, 0.2) is 0 Å². The van der Waals surface area contributed by atoms with Crippen molar-refractivity contribution in [2.75, 3.05) is 0 Å². The summed E-state index contributed by atoms with van der Waals surface area (Å²) in [5, 5.41) is 7.79. The fraction of sp³-hybridized carbons (Fsp3) is 0.273. The average Bonchev–Trinajstić information content (AvgIpc) is 2.44. The van der Waals surface area contributed by atoms with E-state index in [0.29, 0.717) is 0 Å². The van der Waals surface area contributed by atoms with Gasteiger partial charge in [0, 0.05) is 6.42 Å². The van der Waals surface area contributed by atoms with Crippen molar-refractivity contribution in [1.29, 1.82) is 0 Å². The van der Waals surface area contributed by atoms with E-state index in [9.17, 15) is 9.59 Å². The maximum atomic E-state index is 11.8. The van der Waals surface area contributed by atoms with Crippen molar-refractivity contribution in [2.45, 2.75) is 18.9 Å². The molecule has 0 fully saturated rings. The quantitative estimate of drug-likeness (QED) is 0.340. The monoisotopic (exact) mass is 393 g/mol. The van der Waals surface area contributed by atoms with Crippen LogP contribution < -0.4 is 10.5 Å². The number of rotatable bonds is 5. The molecule has 0 aliphatic heterocycles. The molecule has 1 aromatic carbocycles. The van der Waals surface area contributed by atoms with Gasteiger partial charge < -0.3 is 15.6 Å². The first-order valence-corrected chi connectivity index (χ1v) is 7.26. The molecule has 0 aromatic heterocycles. The summed E-state index contributed by atoms with van der Waals surface area (Å²) < 4.78 is 4.94. The third kappa shape index (κ3) is 4.52. The Morgan fingerprint density at radius 3 is 1.86 bits per heavy atom. The second kappa shape index (κ2) is 7.72. The molecule has 0 aliphatic carbocycles. The highest BCUT2D eigenvalue weighted by Crippen LogP contribution is 2.48. The lowest BCUT2D eigenvalue weighted by Crippen LogP contribution is -2.34. The number of benzene rings is 1. The molecule has 0 aliphatic rings. The Morgan fingerprint density at radius 1 is 1.00 bits per heavy atom. The van der Waals surface area contributed by atoms with E-state index in [2.05, 4.69) is 0 Å². The van der Waals surface area contributed by atoms with Crippen LogP contribution in [0.4, 0.5) is 0 Å². The molecule has 0 radical (unpaired) electrons. The number of carbonyl (C=O) groups excluding carboxylic acids is 1. The highest BCUT2D eigenvalue weighted by Gasteiger charge is 2.25. The molecule has 10 heteroatoms. The molecular formula is C11H8Cl5NO4. The molecule has 0 bridgehead atoms. The SMILES string of the molecule is N[C@@H](CCC(=O)O)C(=O)Oc1c(Cl)c(Cl)c(Cl)c(Cl)c1Cl. The highest BCUT2D eigenvalue weighted by molar-refractivity contribution is 6.55. The zero-order chi connectivity index (χ0) is 16.3. The van der Waals surface area contributed by atoms with Crippen LogP contribution in [0.2, 0.25) is 25.1 Å². The van der Waals surface area contributed by atoms with Gasteiger partial charge in [-0.1, -0.05) is 58.0 Å². The number of halogens is 5. The largest absolute Gasteiger partial charge is 0.481 e. The van der Waals surface area contributed by atoms with Crippen LogP contribution in [-0.4, -0.2) is 23.1 Å². The highest BCUT2D eigenvalue weighted by atomic mass is 35.5. The number of esters is 1. The Kier molecular flexibility index (Phi) is 6.84. The van der Waals surface area contributed by atoms with E-state index >= 15 is 0 Å². The Hall–Kier alpha value is -0.430. The van der Waals surface area contributed by atoms with Crippen LogP contribution >= 0.6 is 58.0 Å². The van der Waals surface area contributed by atoms with Crippen molar-refractivity contribution in [3.05, 3.63) is 25.1 Å². The second-order valence-electron chi connectivity index (χ2n) is 3.86. The van der Waals surface area contributed by atoms with Crippen LogP contribution in [0, 0.1) is 0 Å². The van der Waals surface area contributed by atoms with Gasteiger partial charge in [0.15, 0.2) is 5.75 Å². The van der Waals surface area contributed by atoms with Crippen LogP contribution in [0.3, 0.4) is 0 Å². The summed E-state index contributed by atoms with van der Waals surface area (Å²) in [6.45, 7) is 0. The Labute approximate surface area is 144 Å². The molecule has 0 saturated heterocycles. The first-order chi connectivity index (χ1) is 9.66. The normalized spacial score (nSPS) is 12.1. The molecule has 0 amide bonds. The Balaban J connectivity index is 2.98. The molecule has 5 nitrogen and oxygen atoms in total. The maximum Gasteiger partial charge on any atom is 0.328 e. The van der Waals surface area contributed by atoms with E-state index in [1.807, 2.05) is 0 Å². The van der Waals surface area contributed by atoms with Gasteiger partial charge in [0.05, 0.1) is 15.1 Å². The average molecular weight is 395 g/mol. The zero-order valence-corrected chi connectivity index (χ0v) is 13.9. The number of carboxylic acid groups (broad SMARTS) is 1. The van der Waals surface area contributed by atoms with Crippen LogP contribution in [-0.2, 0) is 9.59 Å². The minimum absolute atomic E-state index is 0.0803. The molecule has 0 saturated carbocycles. The summed E-state index contributed by atoms with van der Waals surface area (Å²) in [6.07, 6.45) is -0.404. The summed E-state index contributed by atoms with van der Waals surface area (Å²) in [5.74, 6) is -2.30. The van der Waals surface area contributed by atoms with Crippen LogP contribution in [0.1, 0.15) is 12.8 Å². The number of carboxylic acids is 1. The minimum Gasteiger partial charge on any atom is -0.481 e. The van der Waals surface area contributed by atoms with E-state index in [0.717, 1.165) is 0 Å². The van der Waals surface area contributed by atoms with Gasteiger partial charge in [0.25, 0.3) is 0 Å². The number of ether oxygens (including phenoxy) is 1. The molecule has 1 rings (SSSR count). The summed E-state index contributed by atoms with van der Waals surface area (Å²) in [4.78, 5) is 22.2. The van der Waals surface area contributed by atoms with Crippen LogP contribution in [0.5, 0.6) is 5.75 Å². The van der Waals surface area contributed by atoms with Gasteiger partial charge in [-0.25, -0.2) is 4.79 Å². The third-order valence-corrected chi connectivity index (χ3v) is 4.59. The van der Waals surface area contributed by atoms with Crippen molar-refractivity contribution in [3.63, 3.8) is 0 Å². The lowest BCUT2D eigenvalue weighted by Gasteiger charge is -2.14. The fourth-order valence-corrected chi connectivity index (χ4v) is 2.45. The maximum absolute atomic E-state index is 11.8. The minimum atomic E-state index is -1.17. The van der Waals surface area contributed by atoms with Crippen molar-refractivity contribution in [3.8, 4) is 5.75 Å². The predicted octanol–water partition coefficient (Wildman–Crippen LogP) is 4.05. The smallest absolute Gasteiger partial charge is 0.328 e. The summed E-state index contributed by atoms with van der Waals surface area (Å²) in [6, 6.07) is -1.17.